The zero-order chi connectivity index (χ0) is 41.1. The lowest BCUT2D eigenvalue weighted by molar-refractivity contribution is -0.744. The first-order valence-electron chi connectivity index (χ1n) is 19.3. The minimum Gasteiger partial charge on any atom is -0.466 e. The summed E-state index contributed by atoms with van der Waals surface area (Å²) in [5.41, 5.74) is -3.26. The van der Waals surface area contributed by atoms with Crippen LogP contribution in [-0.2, 0) is 48.0 Å². The molecule has 2 aromatic rings. The van der Waals surface area contributed by atoms with Crippen LogP contribution in [0.25, 0.3) is 0 Å². The number of carbonyl (C=O) groups excluding carboxylic acids is 4. The van der Waals surface area contributed by atoms with E-state index in [9.17, 15) is 42.7 Å². The molecule has 4 aliphatic carbocycles. The minimum atomic E-state index is -4.24. The lowest BCUT2D eigenvalue weighted by atomic mass is 9.35. The molecule has 3 N–H and O–H groups in total. The number of sulfone groups is 1. The van der Waals surface area contributed by atoms with E-state index >= 15 is 0 Å². The second kappa shape index (κ2) is 14.8. The summed E-state index contributed by atoms with van der Waals surface area (Å²) in [6.45, 7) is 9.26. The van der Waals surface area contributed by atoms with Gasteiger partial charge in [-0.2, -0.15) is 0 Å². The molecule has 0 radical (unpaired) electrons. The average Bonchev–Trinajstić information content (AvgIpc) is 3.59. The number of aromatic nitrogens is 2. The minimum absolute atomic E-state index is 0.00511. The number of hydrogen-bond acceptors (Lipinski definition) is 15. The largest absolute Gasteiger partial charge is 0.466 e. The number of unbranched alkanes of at least 4 members (excludes halogenated alkanes) is 1. The number of ketones is 1. The Morgan fingerprint density at radius 1 is 1.02 bits per heavy atom. The third-order valence-electron chi connectivity index (χ3n) is 13.1. The Bertz CT molecular complexity index is 2110. The van der Waals surface area contributed by atoms with E-state index in [2.05, 4.69) is 16.4 Å². The summed E-state index contributed by atoms with van der Waals surface area (Å²) in [6, 6.07) is 7.32. The van der Waals surface area contributed by atoms with E-state index in [1.54, 1.807) is 6.07 Å². The van der Waals surface area contributed by atoms with Crippen LogP contribution in [0.1, 0.15) is 78.6 Å². The molecular weight excluding hydrogens is 768 g/mol. The number of rotatable bonds is 14. The monoisotopic (exact) mass is 817 g/mol. The first-order chi connectivity index (χ1) is 26.9. The Hall–Kier alpha value is -4.39. The Morgan fingerprint density at radius 3 is 2.44 bits per heavy atom. The van der Waals surface area contributed by atoms with E-state index in [4.69, 9.17) is 23.7 Å². The van der Waals surface area contributed by atoms with Crippen LogP contribution in [0, 0.1) is 38.9 Å². The molecule has 2 spiro atoms. The number of carbonyl (C=O) groups is 4. The Balaban J connectivity index is 0.939. The lowest BCUT2D eigenvalue weighted by Crippen LogP contribution is -2.86. The molecule has 1 aromatic heterocycles. The first kappa shape index (κ1) is 40.8. The van der Waals surface area contributed by atoms with Crippen LogP contribution in [0.5, 0.6) is 5.88 Å². The van der Waals surface area contributed by atoms with Gasteiger partial charge in [-0.3, -0.25) is 19.2 Å². The predicted octanol–water partition coefficient (Wildman–Crippen LogP) is 2.74. The van der Waals surface area contributed by atoms with Crippen molar-refractivity contribution in [1.29, 1.82) is 0 Å². The van der Waals surface area contributed by atoms with Crippen molar-refractivity contribution in [3.05, 3.63) is 47.4 Å². The topological polar surface area (TPSA) is 241 Å². The standard InChI is InChI=1S/C39H49N2O15S/c1-22-25-15-16-26-37-21-53-39(47,32(46)30(37)36(3,4)18-17-27(37)54-23(2)42)38(26,31(22)45)33(25)55-29(44)14-10-13-28(43)51-19-8-9-20-52-34-35(41(48)56-40-34)57(49,50)24-11-6-5-7-12-24/h5-7,11-12,25-27,30,32-33,40,46-47H,1,8-10,13-21H2,2-4H3/q+1/t25-,26-,27?,30+,32-,33+,37+,38-,39-/m0/s1. The molecule has 18 heteroatoms. The zero-order valence-electron chi connectivity index (χ0n) is 32.1. The second-order valence-corrected chi connectivity index (χ2v) is 18.4. The van der Waals surface area contributed by atoms with Gasteiger partial charge in [0.05, 0.1) is 24.7 Å². The quantitative estimate of drug-likeness (QED) is 0.108. The lowest BCUT2D eigenvalue weighted by Gasteiger charge is -2.74. The summed E-state index contributed by atoms with van der Waals surface area (Å²) in [6.07, 6.45) is -1.16. The number of esters is 3. The van der Waals surface area contributed by atoms with Crippen LogP contribution in [0.4, 0.5) is 0 Å². The number of Topliss-reactive ketones (excluding diaryl/α,β-unsaturated/α-hetero) is 1. The van der Waals surface area contributed by atoms with Gasteiger partial charge in [0.1, 0.15) is 23.7 Å². The van der Waals surface area contributed by atoms with Gasteiger partial charge in [0.25, 0.3) is 9.84 Å². The molecule has 1 aromatic carbocycles. The van der Waals surface area contributed by atoms with Crippen LogP contribution in [0.3, 0.4) is 0 Å². The number of fused-ring (bicyclic) bond motifs is 2. The fourth-order valence-corrected chi connectivity index (χ4v) is 12.2. The number of benzene rings is 1. The smallest absolute Gasteiger partial charge is 0.404 e. The summed E-state index contributed by atoms with van der Waals surface area (Å²) in [5.74, 6) is -6.98. The molecule has 0 amide bonds. The Labute approximate surface area is 328 Å². The van der Waals surface area contributed by atoms with Gasteiger partial charge in [0.2, 0.25) is 10.4 Å². The molecule has 2 aliphatic heterocycles. The molecule has 4 bridgehead atoms. The molecule has 8 rings (SSSR count). The molecule has 9 atom stereocenters. The van der Waals surface area contributed by atoms with Gasteiger partial charge in [-0.25, -0.2) is 8.42 Å². The van der Waals surface area contributed by atoms with Crippen molar-refractivity contribution in [2.24, 2.45) is 34.0 Å². The number of aliphatic hydroxyl groups excluding tert-OH is 1. The van der Waals surface area contributed by atoms with Crippen LogP contribution in [0.2, 0.25) is 0 Å². The van der Waals surface area contributed by atoms with Crippen molar-refractivity contribution in [1.82, 2.24) is 5.16 Å². The summed E-state index contributed by atoms with van der Waals surface area (Å²) in [4.78, 5) is 64.7. The number of aromatic amines is 1. The van der Waals surface area contributed by atoms with Gasteiger partial charge in [-0.1, -0.05) is 43.3 Å². The Kier molecular flexibility index (Phi) is 10.6. The summed E-state index contributed by atoms with van der Waals surface area (Å²) in [7, 11) is -4.24. The molecule has 4 saturated carbocycles. The molecule has 2 saturated heterocycles. The van der Waals surface area contributed by atoms with Crippen molar-refractivity contribution in [2.75, 3.05) is 19.8 Å². The highest BCUT2D eigenvalue weighted by molar-refractivity contribution is 7.91. The normalized spacial score (nSPS) is 33.6. The van der Waals surface area contributed by atoms with Gasteiger partial charge < -0.3 is 33.9 Å². The van der Waals surface area contributed by atoms with Crippen molar-refractivity contribution in [2.45, 2.75) is 113 Å². The number of nitrogens with zero attached hydrogens (tertiary/aromatic N) is 1. The number of ether oxygens (including phenoxy) is 5. The van der Waals surface area contributed by atoms with E-state index in [0.717, 1.165) is 0 Å². The number of aliphatic hydroxyl groups is 2. The molecule has 310 valence electrons. The van der Waals surface area contributed by atoms with E-state index in [1.807, 2.05) is 13.8 Å². The van der Waals surface area contributed by atoms with Crippen LogP contribution < -0.4 is 9.34 Å². The fourth-order valence-electron chi connectivity index (χ4n) is 10.9. The third kappa shape index (κ3) is 6.25. The van der Waals surface area contributed by atoms with Crippen molar-refractivity contribution in [3.8, 4) is 5.88 Å². The second-order valence-electron chi connectivity index (χ2n) is 16.5. The summed E-state index contributed by atoms with van der Waals surface area (Å²) >= 11 is 0. The third-order valence-corrected chi connectivity index (χ3v) is 14.8. The van der Waals surface area contributed by atoms with Gasteiger partial charge in [-0.05, 0) is 84.0 Å². The highest BCUT2D eigenvalue weighted by atomic mass is 32.2. The van der Waals surface area contributed by atoms with Gasteiger partial charge in [0, 0.05) is 37.0 Å². The number of nitrogens with one attached hydrogen (secondary N) is 1. The first-order valence-corrected chi connectivity index (χ1v) is 20.8. The highest BCUT2D eigenvalue weighted by Crippen LogP contribution is 2.77. The van der Waals surface area contributed by atoms with Crippen LogP contribution >= 0.6 is 0 Å². The predicted molar refractivity (Wildman–Crippen MR) is 192 cm³/mol. The SMILES string of the molecule is C=C1C(=O)[C@]23[C@H](OC(=O)CCCC(=O)OCCCCOc4[nH]o[n+](=O)c4S(=O)(=O)c4ccccc4)[C@H]1CC[C@H]2[C@@]12CO[C@@]3(O)[C@@H](O)[C@@H]1C(C)(C)CCC2OC(C)=O. The van der Waals surface area contributed by atoms with E-state index < -0.39 is 96.7 Å². The maximum atomic E-state index is 14.4. The van der Waals surface area contributed by atoms with Gasteiger partial charge in [-0.15, -0.1) is 0 Å². The Morgan fingerprint density at radius 2 is 1.72 bits per heavy atom. The number of H-pyrrole nitrogens is 1. The highest BCUT2D eigenvalue weighted by Gasteiger charge is 2.88. The molecule has 3 heterocycles. The molecule has 6 fully saturated rings. The summed E-state index contributed by atoms with van der Waals surface area (Å²) in [5, 5.41) is 25.9. The van der Waals surface area contributed by atoms with Crippen molar-refractivity contribution in [3.63, 3.8) is 0 Å². The maximum absolute atomic E-state index is 14.4. The van der Waals surface area contributed by atoms with Crippen molar-refractivity contribution >= 4 is 33.5 Å². The summed E-state index contributed by atoms with van der Waals surface area (Å²) < 4.78 is 59.1. The molecular formula is C39H49N2O15S+. The molecule has 1 unspecified atom stereocenters. The zero-order valence-corrected chi connectivity index (χ0v) is 32.9. The fraction of sp³-hybridized carbons (Fsp3) is 0.641. The van der Waals surface area contributed by atoms with Crippen molar-refractivity contribution < 1.29 is 70.7 Å². The molecule has 17 nitrogen and oxygen atoms in total. The van der Waals surface area contributed by atoms with Gasteiger partial charge >= 0.3 is 28.8 Å². The van der Waals surface area contributed by atoms with Crippen LogP contribution in [-0.4, -0.2) is 91.4 Å². The van der Waals surface area contributed by atoms with E-state index in [0.29, 0.717) is 38.5 Å². The van der Waals surface area contributed by atoms with E-state index in [1.165, 1.54) is 31.2 Å². The van der Waals surface area contributed by atoms with Gasteiger partial charge in [0.15, 0.2) is 5.78 Å². The molecule has 6 aliphatic rings. The number of hydrogen-bond donors (Lipinski definition) is 3. The van der Waals surface area contributed by atoms with Crippen LogP contribution in [0.15, 0.2) is 57.0 Å². The average molecular weight is 818 g/mol. The maximum Gasteiger partial charge on any atom is 0.404 e. The van der Waals surface area contributed by atoms with E-state index in [-0.39, 0.29) is 60.0 Å². The molecule has 57 heavy (non-hydrogen) atoms.